The summed E-state index contributed by atoms with van der Waals surface area (Å²) in [5, 5.41) is 15.4. The van der Waals surface area contributed by atoms with Gasteiger partial charge in [0.25, 0.3) is 5.91 Å². The number of nitrogens with two attached hydrogens (primary N) is 2. The number of sulfonamides is 1. The van der Waals surface area contributed by atoms with Gasteiger partial charge in [-0.2, -0.15) is 4.72 Å². The zero-order chi connectivity index (χ0) is 22.9. The fraction of sp³-hybridized carbons (Fsp3) is 0.444. The van der Waals surface area contributed by atoms with Gasteiger partial charge in [0.1, 0.15) is 17.9 Å². The predicted molar refractivity (Wildman–Crippen MR) is 113 cm³/mol. The van der Waals surface area contributed by atoms with Crippen molar-refractivity contribution in [3.05, 3.63) is 30.3 Å². The maximum absolute atomic E-state index is 12.3. The average molecular weight is 455 g/mol. The van der Waals surface area contributed by atoms with E-state index in [1.54, 1.807) is 6.07 Å². The van der Waals surface area contributed by atoms with Crippen LogP contribution in [-0.2, 0) is 24.4 Å². The number of carboxylic acids is 1. The molecule has 2 atom stereocenters. The first-order valence-corrected chi connectivity index (χ1v) is 11.0. The van der Waals surface area contributed by atoms with Crippen molar-refractivity contribution in [3.63, 3.8) is 0 Å². The van der Waals surface area contributed by atoms with Gasteiger partial charge in [0.2, 0.25) is 10.0 Å². The molecule has 0 bridgehead atoms. The molecule has 1 aliphatic heterocycles. The van der Waals surface area contributed by atoms with Gasteiger partial charge in [0.05, 0.1) is 4.90 Å². The highest BCUT2D eigenvalue weighted by Gasteiger charge is 2.29. The smallest absolute Gasteiger partial charge is 0.323 e. The molecular weight excluding hydrogens is 428 g/mol. The summed E-state index contributed by atoms with van der Waals surface area (Å²) in [6.45, 7) is 0.0428. The van der Waals surface area contributed by atoms with Gasteiger partial charge in [-0.1, -0.05) is 23.4 Å². The maximum atomic E-state index is 12.3. The van der Waals surface area contributed by atoms with E-state index < -0.39 is 34.5 Å². The van der Waals surface area contributed by atoms with Crippen molar-refractivity contribution in [2.75, 3.05) is 13.1 Å². The van der Waals surface area contributed by atoms with E-state index in [1.165, 1.54) is 24.3 Å². The predicted octanol–water partition coefficient (Wildman–Crippen LogP) is -0.877. The number of rotatable bonds is 12. The van der Waals surface area contributed by atoms with Crippen LogP contribution in [0.1, 0.15) is 25.7 Å². The fourth-order valence-electron chi connectivity index (χ4n) is 2.74. The Morgan fingerprint density at radius 3 is 2.61 bits per heavy atom. The highest BCUT2D eigenvalue weighted by Crippen LogP contribution is 2.16. The van der Waals surface area contributed by atoms with Gasteiger partial charge in [-0.25, -0.2) is 8.42 Å². The van der Waals surface area contributed by atoms with E-state index in [0.717, 1.165) is 12.8 Å². The van der Waals surface area contributed by atoms with Crippen LogP contribution in [0.25, 0.3) is 0 Å². The van der Waals surface area contributed by atoms with E-state index >= 15 is 0 Å². The number of carbonyl (C=O) groups excluding carboxylic acids is 1. The third kappa shape index (κ3) is 7.86. The molecule has 1 aliphatic rings. The van der Waals surface area contributed by atoms with Crippen molar-refractivity contribution >= 4 is 33.6 Å². The van der Waals surface area contributed by atoms with Gasteiger partial charge in [0.15, 0.2) is 5.96 Å². The molecule has 1 aromatic rings. The number of nitrogens with one attached hydrogen (secondary N) is 2. The molecule has 13 heteroatoms. The topological polar surface area (TPSA) is 199 Å². The Labute approximate surface area is 179 Å². The molecule has 1 heterocycles. The number of oxime groups is 1. The molecule has 1 amide bonds. The Balaban J connectivity index is 1.80. The lowest BCUT2D eigenvalue weighted by Gasteiger charge is -2.15. The van der Waals surface area contributed by atoms with Gasteiger partial charge in [0, 0.05) is 19.5 Å². The maximum Gasteiger partial charge on any atom is 0.323 e. The number of nitrogens with zero attached hydrogens (tertiary/aromatic N) is 2. The van der Waals surface area contributed by atoms with Gasteiger partial charge >= 0.3 is 5.97 Å². The normalized spacial score (nSPS) is 16.6. The first-order valence-electron chi connectivity index (χ1n) is 9.55. The Morgan fingerprint density at radius 1 is 1.26 bits per heavy atom. The minimum Gasteiger partial charge on any atom is -0.480 e. The minimum absolute atomic E-state index is 0.0325. The highest BCUT2D eigenvalue weighted by molar-refractivity contribution is 7.89. The Hall–Kier alpha value is -3.19. The molecule has 0 saturated heterocycles. The molecule has 170 valence electrons. The summed E-state index contributed by atoms with van der Waals surface area (Å²) in [5.74, 6) is -2.01. The zero-order valence-electron chi connectivity index (χ0n) is 16.7. The van der Waals surface area contributed by atoms with E-state index in [9.17, 15) is 23.1 Å². The number of guanidine groups is 1. The van der Waals surface area contributed by atoms with E-state index in [-0.39, 0.29) is 29.1 Å². The van der Waals surface area contributed by atoms with Crippen LogP contribution in [0.4, 0.5) is 0 Å². The van der Waals surface area contributed by atoms with Gasteiger partial charge < -0.3 is 26.7 Å². The van der Waals surface area contributed by atoms with Crippen LogP contribution >= 0.6 is 0 Å². The second-order valence-electron chi connectivity index (χ2n) is 6.81. The first-order chi connectivity index (χ1) is 14.7. The highest BCUT2D eigenvalue weighted by atomic mass is 32.2. The van der Waals surface area contributed by atoms with Crippen LogP contribution in [0.15, 0.2) is 45.4 Å². The molecule has 0 spiro atoms. The molecule has 12 nitrogen and oxygen atoms in total. The lowest BCUT2D eigenvalue weighted by molar-refractivity contribution is -0.138. The van der Waals surface area contributed by atoms with Crippen molar-refractivity contribution in [1.82, 2.24) is 10.0 Å². The number of hydrogen-bond donors (Lipinski definition) is 5. The summed E-state index contributed by atoms with van der Waals surface area (Å²) in [7, 11) is -4.06. The third-order valence-corrected chi connectivity index (χ3v) is 5.83. The Kier molecular flexibility index (Phi) is 8.75. The number of unbranched alkanes of at least 4 members (excludes halogenated alkanes) is 1. The first kappa shape index (κ1) is 24.1. The lowest BCUT2D eigenvalue weighted by atomic mass is 10.1. The summed E-state index contributed by atoms with van der Waals surface area (Å²) in [6, 6.07) is 5.78. The van der Waals surface area contributed by atoms with E-state index in [4.69, 9.17) is 16.3 Å². The van der Waals surface area contributed by atoms with Crippen molar-refractivity contribution in [2.24, 2.45) is 21.6 Å². The van der Waals surface area contributed by atoms with E-state index in [0.29, 0.717) is 13.0 Å². The summed E-state index contributed by atoms with van der Waals surface area (Å²) in [6.07, 6.45) is 2.16. The largest absolute Gasteiger partial charge is 0.480 e. The summed E-state index contributed by atoms with van der Waals surface area (Å²) >= 11 is 0. The number of carbonyl (C=O) groups is 2. The van der Waals surface area contributed by atoms with Crippen molar-refractivity contribution in [2.45, 2.75) is 42.7 Å². The van der Waals surface area contributed by atoms with Crippen LogP contribution in [0, 0.1) is 0 Å². The fourth-order valence-corrected chi connectivity index (χ4v) is 3.95. The van der Waals surface area contributed by atoms with E-state index in [1.807, 2.05) is 0 Å². The van der Waals surface area contributed by atoms with Crippen LogP contribution in [0.2, 0.25) is 0 Å². The second kappa shape index (κ2) is 11.3. The zero-order valence-corrected chi connectivity index (χ0v) is 17.5. The lowest BCUT2D eigenvalue weighted by Crippen LogP contribution is -2.49. The molecule has 0 saturated carbocycles. The minimum atomic E-state index is -4.06. The number of benzene rings is 1. The molecule has 7 N–H and O–H groups in total. The number of hydrogen-bond acceptors (Lipinski definition) is 7. The molecule has 1 aromatic carbocycles. The van der Waals surface area contributed by atoms with Crippen LogP contribution in [0.5, 0.6) is 0 Å². The van der Waals surface area contributed by atoms with Crippen LogP contribution in [-0.4, -0.2) is 62.3 Å². The number of aliphatic imine (C=N–C) groups is 1. The second-order valence-corrected chi connectivity index (χ2v) is 8.52. The SMILES string of the molecule is NC(N)=NCCCCC1CC(C(=O)NC[C@H](NS(=O)(=O)c2ccccc2)C(=O)O)=NO1. The van der Waals surface area contributed by atoms with E-state index in [2.05, 4.69) is 20.2 Å². The molecule has 0 aliphatic carbocycles. The molecule has 0 aromatic heterocycles. The third-order valence-electron chi connectivity index (χ3n) is 4.34. The monoisotopic (exact) mass is 454 g/mol. The summed E-state index contributed by atoms with van der Waals surface area (Å²) in [4.78, 5) is 32.7. The molecule has 0 radical (unpaired) electrons. The quantitative estimate of drug-likeness (QED) is 0.152. The molecule has 0 fully saturated rings. The van der Waals surface area contributed by atoms with Crippen LogP contribution < -0.4 is 21.5 Å². The van der Waals surface area contributed by atoms with Gasteiger partial charge in [-0.15, -0.1) is 0 Å². The van der Waals surface area contributed by atoms with Crippen molar-refractivity contribution in [1.29, 1.82) is 0 Å². The molecular formula is C18H26N6O6S. The van der Waals surface area contributed by atoms with Crippen LogP contribution in [0.3, 0.4) is 0 Å². The molecule has 31 heavy (non-hydrogen) atoms. The number of carboxylic acid groups (broad SMARTS) is 1. The number of amides is 1. The Bertz CT molecular complexity index is 930. The van der Waals surface area contributed by atoms with Crippen molar-refractivity contribution < 1.29 is 28.0 Å². The summed E-state index contributed by atoms with van der Waals surface area (Å²) < 4.78 is 26.7. The Morgan fingerprint density at radius 2 is 1.97 bits per heavy atom. The number of aliphatic carboxylic acids is 1. The standard InChI is InChI=1S/C18H26N6O6S/c19-18(20)21-9-5-4-6-12-10-14(23-30-12)16(25)22-11-15(17(26)27)24-31(28,29)13-7-2-1-3-8-13/h1-3,7-8,12,15,24H,4-6,9-11H2,(H,22,25)(H,26,27)(H4,19,20,21)/t12?,15-/m0/s1. The van der Waals surface area contributed by atoms with Gasteiger partial charge in [-0.05, 0) is 31.4 Å². The molecule has 2 rings (SSSR count). The average Bonchev–Trinajstić information content (AvgIpc) is 3.20. The molecule has 1 unspecified atom stereocenters. The van der Waals surface area contributed by atoms with Gasteiger partial charge in [-0.3, -0.25) is 14.6 Å². The summed E-state index contributed by atoms with van der Waals surface area (Å²) in [5.41, 5.74) is 10.6. The van der Waals surface area contributed by atoms with Crippen molar-refractivity contribution in [3.8, 4) is 0 Å².